The summed E-state index contributed by atoms with van der Waals surface area (Å²) in [4.78, 5) is 18.0. The summed E-state index contributed by atoms with van der Waals surface area (Å²) in [5, 5.41) is 16.8. The molecule has 10 heteroatoms. The number of aryl methyl sites for hydroxylation is 2. The predicted molar refractivity (Wildman–Crippen MR) is 116 cm³/mol. The molecule has 4 heterocycles. The van der Waals surface area contributed by atoms with Gasteiger partial charge in [-0.05, 0) is 39.7 Å². The molecule has 0 atom stereocenters. The molecule has 0 unspecified atom stereocenters. The molecule has 4 aromatic rings. The predicted octanol–water partition coefficient (Wildman–Crippen LogP) is 4.24. The van der Waals surface area contributed by atoms with Gasteiger partial charge < -0.3 is 9.84 Å². The normalized spacial score (nSPS) is 13.8. The van der Waals surface area contributed by atoms with E-state index in [2.05, 4.69) is 25.7 Å². The van der Waals surface area contributed by atoms with E-state index in [1.807, 2.05) is 31.5 Å². The van der Waals surface area contributed by atoms with E-state index < -0.39 is 0 Å². The first-order chi connectivity index (χ1) is 14.9. The second-order valence-electron chi connectivity index (χ2n) is 7.87. The van der Waals surface area contributed by atoms with Gasteiger partial charge in [0.2, 0.25) is 0 Å². The third-order valence-corrected chi connectivity index (χ3v) is 6.31. The fourth-order valence-corrected chi connectivity index (χ4v) is 3.96. The van der Waals surface area contributed by atoms with Crippen molar-refractivity contribution in [2.24, 2.45) is 7.05 Å². The Hall–Kier alpha value is -3.20. The first-order valence-corrected chi connectivity index (χ1v) is 10.6. The number of hydrogen-bond donors (Lipinski definition) is 1. The molecule has 0 aromatic carbocycles. The Morgan fingerprint density at radius 1 is 1.32 bits per heavy atom. The van der Waals surface area contributed by atoms with E-state index in [4.69, 9.17) is 16.1 Å². The number of pyridine rings is 1. The van der Waals surface area contributed by atoms with Crippen LogP contribution in [0, 0.1) is 13.8 Å². The highest BCUT2D eigenvalue weighted by atomic mass is 35.5. The second-order valence-corrected chi connectivity index (χ2v) is 8.24. The third-order valence-electron chi connectivity index (χ3n) is 5.86. The number of hydrogen-bond acceptors (Lipinski definition) is 6. The Morgan fingerprint density at radius 3 is 2.71 bits per heavy atom. The molecule has 0 saturated heterocycles. The maximum atomic E-state index is 13.4. The molecule has 1 fully saturated rings. The van der Waals surface area contributed by atoms with Crippen LogP contribution in [0.15, 0.2) is 16.8 Å². The maximum Gasteiger partial charge on any atom is 0.259 e. The Bertz CT molecular complexity index is 1330. The topological polar surface area (TPSA) is 104 Å². The second kappa shape index (κ2) is 7.19. The molecule has 1 saturated carbocycles. The van der Waals surface area contributed by atoms with Gasteiger partial charge in [-0.15, -0.1) is 0 Å². The quantitative estimate of drug-likeness (QED) is 0.498. The van der Waals surface area contributed by atoms with Gasteiger partial charge in [0.05, 0.1) is 22.8 Å². The summed E-state index contributed by atoms with van der Waals surface area (Å²) in [6.45, 7) is 6.56. The largest absolute Gasteiger partial charge is 0.335 e. The van der Waals surface area contributed by atoms with Crippen molar-refractivity contribution in [1.29, 1.82) is 0 Å². The fraction of sp³-hybridized carbons (Fsp3) is 0.381. The number of carbonyl (C=O) groups excluding carboxylic acids is 1. The minimum Gasteiger partial charge on any atom is -0.335 e. The molecule has 1 amide bonds. The summed E-state index contributed by atoms with van der Waals surface area (Å²) in [6, 6.07) is 1.83. The van der Waals surface area contributed by atoms with Gasteiger partial charge in [-0.25, -0.2) is 4.98 Å². The van der Waals surface area contributed by atoms with Gasteiger partial charge in [0.15, 0.2) is 5.82 Å². The lowest BCUT2D eigenvalue weighted by molar-refractivity contribution is 0.102. The monoisotopic (exact) mass is 439 g/mol. The van der Waals surface area contributed by atoms with E-state index in [0.717, 1.165) is 42.0 Å². The van der Waals surface area contributed by atoms with E-state index >= 15 is 0 Å². The number of carbonyl (C=O) groups is 1. The van der Waals surface area contributed by atoms with Gasteiger partial charge in [-0.3, -0.25) is 14.2 Å². The Kier molecular flexibility index (Phi) is 4.58. The maximum absolute atomic E-state index is 13.4. The van der Waals surface area contributed by atoms with Crippen LogP contribution in [0.5, 0.6) is 0 Å². The van der Waals surface area contributed by atoms with Gasteiger partial charge >= 0.3 is 0 Å². The number of rotatable bonds is 5. The number of nitrogens with zero attached hydrogens (tertiary/aromatic N) is 6. The van der Waals surface area contributed by atoms with Crippen LogP contribution in [-0.4, -0.2) is 35.6 Å². The minimum atomic E-state index is -0.334. The van der Waals surface area contributed by atoms with Crippen LogP contribution in [0.1, 0.15) is 53.1 Å². The zero-order valence-corrected chi connectivity index (χ0v) is 18.5. The van der Waals surface area contributed by atoms with Crippen molar-refractivity contribution in [2.45, 2.75) is 46.1 Å². The van der Waals surface area contributed by atoms with Gasteiger partial charge in [0.25, 0.3) is 11.6 Å². The summed E-state index contributed by atoms with van der Waals surface area (Å²) >= 11 is 6.35. The molecule has 0 aliphatic heterocycles. The standard InChI is InChI=1S/C21H22ClN7O2/c1-5-29-10(2)14(9-23-29)18-16-13(8-15(12-6-7-12)24-21(16)31-27-18)20(30)25-19-17(22)11(3)28(4)26-19/h8-9,12H,5-7H2,1-4H3,(H,25,26,30). The Labute approximate surface area is 183 Å². The van der Waals surface area contributed by atoms with Crippen molar-refractivity contribution in [3.63, 3.8) is 0 Å². The summed E-state index contributed by atoms with van der Waals surface area (Å²) in [5.74, 6) is 0.326. The van der Waals surface area contributed by atoms with Gasteiger partial charge in [-0.1, -0.05) is 16.8 Å². The molecule has 4 aromatic heterocycles. The van der Waals surface area contributed by atoms with Gasteiger partial charge in [-0.2, -0.15) is 10.2 Å². The lowest BCUT2D eigenvalue weighted by Gasteiger charge is -2.07. The first-order valence-electron chi connectivity index (χ1n) is 10.2. The third kappa shape index (κ3) is 3.20. The first kappa shape index (κ1) is 19.7. The lowest BCUT2D eigenvalue weighted by atomic mass is 10.0. The molecular formula is C21H22ClN7O2. The number of fused-ring (bicyclic) bond motifs is 1. The molecule has 0 radical (unpaired) electrons. The molecule has 1 N–H and O–H groups in total. The number of nitrogens with one attached hydrogen (secondary N) is 1. The summed E-state index contributed by atoms with van der Waals surface area (Å²) in [6.07, 6.45) is 3.84. The Morgan fingerprint density at radius 2 is 2.10 bits per heavy atom. The van der Waals surface area contributed by atoms with Crippen molar-refractivity contribution < 1.29 is 9.32 Å². The van der Waals surface area contributed by atoms with Crippen LogP contribution in [0.25, 0.3) is 22.4 Å². The summed E-state index contributed by atoms with van der Waals surface area (Å²) in [7, 11) is 1.78. The highest BCUT2D eigenvalue weighted by Gasteiger charge is 2.30. The van der Waals surface area contributed by atoms with Crippen LogP contribution >= 0.6 is 11.6 Å². The molecule has 1 aliphatic carbocycles. The van der Waals surface area contributed by atoms with Crippen molar-refractivity contribution in [3.05, 3.63) is 39.9 Å². The number of aromatic nitrogens is 6. The minimum absolute atomic E-state index is 0.317. The zero-order valence-electron chi connectivity index (χ0n) is 17.7. The molecule has 31 heavy (non-hydrogen) atoms. The van der Waals surface area contributed by atoms with E-state index in [0.29, 0.717) is 39.1 Å². The number of halogens is 1. The summed E-state index contributed by atoms with van der Waals surface area (Å²) < 4.78 is 9.09. The molecule has 0 spiro atoms. The van der Waals surface area contributed by atoms with Gasteiger partial charge in [0, 0.05) is 36.5 Å². The Balaban J connectivity index is 1.66. The SMILES string of the molecule is CCn1ncc(-c2noc3nc(C4CC4)cc(C(=O)Nc4nn(C)c(C)c4Cl)c23)c1C. The molecule has 9 nitrogen and oxygen atoms in total. The van der Waals surface area contributed by atoms with Crippen molar-refractivity contribution in [1.82, 2.24) is 29.7 Å². The van der Waals surface area contributed by atoms with Crippen molar-refractivity contribution in [2.75, 3.05) is 5.32 Å². The van der Waals surface area contributed by atoms with Gasteiger partial charge in [0.1, 0.15) is 10.7 Å². The van der Waals surface area contributed by atoms with Crippen LogP contribution in [0.4, 0.5) is 5.82 Å². The molecule has 5 rings (SSSR count). The summed E-state index contributed by atoms with van der Waals surface area (Å²) in [5.41, 5.74) is 4.69. The highest BCUT2D eigenvalue weighted by molar-refractivity contribution is 6.34. The van der Waals surface area contributed by atoms with E-state index in [1.54, 1.807) is 17.9 Å². The molecular weight excluding hydrogens is 418 g/mol. The average Bonchev–Trinajstić information content (AvgIpc) is 3.37. The zero-order chi connectivity index (χ0) is 21.9. The number of amides is 1. The molecule has 1 aliphatic rings. The van der Waals surface area contributed by atoms with E-state index in [-0.39, 0.29) is 5.91 Å². The van der Waals surface area contributed by atoms with E-state index in [9.17, 15) is 4.79 Å². The molecule has 160 valence electrons. The van der Waals surface area contributed by atoms with Crippen LogP contribution in [-0.2, 0) is 13.6 Å². The van der Waals surface area contributed by atoms with Crippen LogP contribution in [0.2, 0.25) is 5.02 Å². The highest BCUT2D eigenvalue weighted by Crippen LogP contribution is 2.41. The van der Waals surface area contributed by atoms with E-state index in [1.165, 1.54) is 0 Å². The smallest absolute Gasteiger partial charge is 0.259 e. The number of anilines is 1. The van der Waals surface area contributed by atoms with Crippen LogP contribution in [0.3, 0.4) is 0 Å². The fourth-order valence-electron chi connectivity index (χ4n) is 3.76. The average molecular weight is 440 g/mol. The lowest BCUT2D eigenvalue weighted by Crippen LogP contribution is -2.14. The van der Waals surface area contributed by atoms with Crippen LogP contribution < -0.4 is 5.32 Å². The van der Waals surface area contributed by atoms with Crippen molar-refractivity contribution >= 4 is 34.4 Å². The molecule has 0 bridgehead atoms. The van der Waals surface area contributed by atoms with Crippen molar-refractivity contribution in [3.8, 4) is 11.3 Å².